The molecule has 0 fully saturated rings. The third-order valence-corrected chi connectivity index (χ3v) is 3.36. The van der Waals surface area contributed by atoms with Crippen LogP contribution in [0.5, 0.6) is 0 Å². The van der Waals surface area contributed by atoms with Crippen molar-refractivity contribution in [3.05, 3.63) is 26.6 Å². The van der Waals surface area contributed by atoms with Gasteiger partial charge in [0.1, 0.15) is 6.07 Å². The molecule has 0 bridgehead atoms. The number of nitrogens with one attached hydrogen (secondary N) is 1. The van der Waals surface area contributed by atoms with Crippen molar-refractivity contribution in [3.63, 3.8) is 0 Å². The number of aliphatic imine (C=N–C) groups is 1. The molecule has 86 valence electrons. The van der Waals surface area contributed by atoms with Gasteiger partial charge in [0.2, 0.25) is 0 Å². The summed E-state index contributed by atoms with van der Waals surface area (Å²) in [4.78, 5) is 4.23. The average molecular weight is 374 g/mol. The number of hydrogen-bond donors (Lipinski definition) is 1. The molecule has 0 saturated carbocycles. The number of benzene rings is 1. The van der Waals surface area contributed by atoms with Crippen LogP contribution in [0.3, 0.4) is 0 Å². The molecule has 0 atom stereocenters. The third kappa shape index (κ3) is 3.74. The first-order valence-corrected chi connectivity index (χ1v) is 7.10. The first-order valence-electron chi connectivity index (χ1n) is 4.29. The molecule has 1 N–H and O–H groups in total. The smallest absolute Gasteiger partial charge is 0.183 e. The van der Waals surface area contributed by atoms with E-state index >= 15 is 0 Å². The molecule has 1 aromatic rings. The van der Waals surface area contributed by atoms with Gasteiger partial charge in [-0.3, -0.25) is 5.32 Å². The lowest BCUT2D eigenvalue weighted by molar-refractivity contribution is 1.27. The molecule has 0 radical (unpaired) electrons. The molecule has 17 heavy (non-hydrogen) atoms. The zero-order valence-electron chi connectivity index (χ0n) is 8.66. The van der Waals surface area contributed by atoms with Crippen LogP contribution in [0.4, 0.5) is 5.69 Å². The molecule has 7 heteroatoms. The van der Waals surface area contributed by atoms with E-state index in [4.69, 9.17) is 10.5 Å². The quantitative estimate of drug-likeness (QED) is 0.354. The second-order valence-electron chi connectivity index (χ2n) is 2.75. The fourth-order valence-corrected chi connectivity index (χ4v) is 2.68. The van der Waals surface area contributed by atoms with Gasteiger partial charge >= 0.3 is 0 Å². The highest BCUT2D eigenvalue weighted by atomic mass is 79.9. The molecular formula is C10H6Br2N4S. The molecule has 0 amide bonds. The second-order valence-corrected chi connectivity index (χ2v) is 5.32. The van der Waals surface area contributed by atoms with Gasteiger partial charge in [0, 0.05) is 8.95 Å². The van der Waals surface area contributed by atoms with E-state index in [1.165, 1.54) is 11.8 Å². The molecule has 1 rings (SSSR count). The zero-order chi connectivity index (χ0) is 12.8. The van der Waals surface area contributed by atoms with Crippen molar-refractivity contribution >= 4 is 54.5 Å². The Labute approximate surface area is 120 Å². The van der Waals surface area contributed by atoms with Crippen LogP contribution in [0.25, 0.3) is 0 Å². The van der Waals surface area contributed by atoms with E-state index in [2.05, 4.69) is 48.2 Å². The fraction of sp³-hybridized carbons (Fsp3) is 0.100. The van der Waals surface area contributed by atoms with E-state index < -0.39 is 0 Å². The number of thioether (sulfide) groups is 1. The Balaban J connectivity index is 3.32. The van der Waals surface area contributed by atoms with E-state index in [-0.39, 0.29) is 0 Å². The Morgan fingerprint density at radius 2 is 2.12 bits per heavy atom. The molecule has 0 unspecified atom stereocenters. The molecule has 0 spiro atoms. The summed E-state index contributed by atoms with van der Waals surface area (Å²) in [5.74, 6) is 0. The maximum atomic E-state index is 9.03. The number of rotatable bonds is 1. The topological polar surface area (TPSA) is 72.0 Å². The highest BCUT2D eigenvalue weighted by Crippen LogP contribution is 2.33. The summed E-state index contributed by atoms with van der Waals surface area (Å²) in [6.45, 7) is 0. The summed E-state index contributed by atoms with van der Waals surface area (Å²) in [5.41, 5.74) is 0.931. The summed E-state index contributed by atoms with van der Waals surface area (Å²) in [5, 5.41) is 20.5. The van der Waals surface area contributed by atoms with Crippen molar-refractivity contribution in [2.24, 2.45) is 4.99 Å². The van der Waals surface area contributed by atoms with Crippen LogP contribution in [-0.4, -0.2) is 11.4 Å². The molecule has 0 saturated heterocycles. The molecule has 0 heterocycles. The first-order chi connectivity index (χ1) is 8.12. The maximum absolute atomic E-state index is 9.03. The van der Waals surface area contributed by atoms with Crippen molar-refractivity contribution in [1.82, 2.24) is 5.32 Å². The molecule has 0 aromatic heterocycles. The lowest BCUT2D eigenvalue weighted by atomic mass is 10.2. The maximum Gasteiger partial charge on any atom is 0.183 e. The Kier molecular flexibility index (Phi) is 5.49. The lowest BCUT2D eigenvalue weighted by Crippen LogP contribution is -2.12. The minimum Gasteiger partial charge on any atom is -0.271 e. The van der Waals surface area contributed by atoms with Gasteiger partial charge < -0.3 is 0 Å². The monoisotopic (exact) mass is 372 g/mol. The summed E-state index contributed by atoms with van der Waals surface area (Å²) in [6, 6.07) is 5.53. The number of nitriles is 2. The van der Waals surface area contributed by atoms with Crippen molar-refractivity contribution in [1.29, 1.82) is 10.5 Å². The fourth-order valence-electron chi connectivity index (χ4n) is 1.04. The highest BCUT2D eigenvalue weighted by molar-refractivity contribution is 9.11. The van der Waals surface area contributed by atoms with Gasteiger partial charge in [-0.1, -0.05) is 27.7 Å². The van der Waals surface area contributed by atoms with Gasteiger partial charge in [0.15, 0.2) is 11.4 Å². The summed E-state index contributed by atoms with van der Waals surface area (Å²) in [6.07, 6.45) is 3.59. The van der Waals surface area contributed by atoms with Crippen LogP contribution in [-0.2, 0) is 0 Å². The predicted molar refractivity (Wildman–Crippen MR) is 75.9 cm³/mol. The molecule has 0 aliphatic rings. The van der Waals surface area contributed by atoms with Crippen LogP contribution >= 0.6 is 43.6 Å². The Hall–Kier alpha value is -1.02. The van der Waals surface area contributed by atoms with Crippen LogP contribution in [0, 0.1) is 22.8 Å². The third-order valence-electron chi connectivity index (χ3n) is 1.72. The SMILES string of the molecule is CSC(=Nc1c(Br)cc(Br)cc1C#N)NC#N. The Bertz CT molecular complexity index is 542. The highest BCUT2D eigenvalue weighted by Gasteiger charge is 2.09. The van der Waals surface area contributed by atoms with E-state index in [1.54, 1.807) is 24.6 Å². The molecule has 0 aliphatic heterocycles. The zero-order valence-corrected chi connectivity index (χ0v) is 12.6. The van der Waals surface area contributed by atoms with Crippen molar-refractivity contribution in [2.75, 3.05) is 6.26 Å². The summed E-state index contributed by atoms with van der Waals surface area (Å²) in [7, 11) is 0. The number of halogens is 2. The number of amidine groups is 1. The summed E-state index contributed by atoms with van der Waals surface area (Å²) < 4.78 is 1.48. The van der Waals surface area contributed by atoms with Crippen molar-refractivity contribution in [2.45, 2.75) is 0 Å². The minimum atomic E-state index is 0.428. The van der Waals surface area contributed by atoms with Gasteiger partial charge in [0.25, 0.3) is 0 Å². The van der Waals surface area contributed by atoms with Gasteiger partial charge in [-0.25, -0.2) is 4.99 Å². The van der Waals surface area contributed by atoms with E-state index in [0.717, 1.165) is 4.47 Å². The molecule has 0 aliphatic carbocycles. The molecule has 1 aromatic carbocycles. The minimum absolute atomic E-state index is 0.428. The van der Waals surface area contributed by atoms with Crippen LogP contribution in [0.2, 0.25) is 0 Å². The lowest BCUT2D eigenvalue weighted by Gasteiger charge is -2.05. The van der Waals surface area contributed by atoms with Gasteiger partial charge in [-0.05, 0) is 34.3 Å². The average Bonchev–Trinajstić information content (AvgIpc) is 2.30. The summed E-state index contributed by atoms with van der Waals surface area (Å²) >= 11 is 7.93. The number of nitrogens with zero attached hydrogens (tertiary/aromatic N) is 3. The van der Waals surface area contributed by atoms with Crippen molar-refractivity contribution < 1.29 is 0 Å². The van der Waals surface area contributed by atoms with Gasteiger partial charge in [-0.2, -0.15) is 10.5 Å². The normalized spacial score (nSPS) is 10.5. The van der Waals surface area contributed by atoms with Crippen LogP contribution in [0.15, 0.2) is 26.1 Å². The van der Waals surface area contributed by atoms with Gasteiger partial charge in [-0.15, -0.1) is 0 Å². The van der Waals surface area contributed by atoms with Crippen LogP contribution in [0.1, 0.15) is 5.56 Å². The molecule has 4 nitrogen and oxygen atoms in total. The Morgan fingerprint density at radius 3 is 2.65 bits per heavy atom. The second kappa shape index (κ2) is 6.65. The predicted octanol–water partition coefficient (Wildman–Crippen LogP) is 3.50. The standard InChI is InChI=1S/C10H6Br2N4S/c1-17-10(15-5-14)16-9-6(4-13)2-7(11)3-8(9)12/h2-3H,1H3,(H,15,16). The van der Waals surface area contributed by atoms with E-state index in [0.29, 0.717) is 20.9 Å². The van der Waals surface area contributed by atoms with E-state index in [1.807, 2.05) is 0 Å². The number of hydrogen-bond acceptors (Lipinski definition) is 4. The van der Waals surface area contributed by atoms with E-state index in [9.17, 15) is 0 Å². The Morgan fingerprint density at radius 1 is 1.41 bits per heavy atom. The first kappa shape index (κ1) is 14.0. The largest absolute Gasteiger partial charge is 0.271 e. The van der Waals surface area contributed by atoms with Crippen LogP contribution < -0.4 is 5.32 Å². The molecular weight excluding hydrogens is 368 g/mol. The van der Waals surface area contributed by atoms with Crippen molar-refractivity contribution in [3.8, 4) is 12.3 Å². The van der Waals surface area contributed by atoms with Gasteiger partial charge in [0.05, 0.1) is 11.3 Å².